The van der Waals surface area contributed by atoms with Gasteiger partial charge in [-0.05, 0) is 33.4 Å². The van der Waals surface area contributed by atoms with Gasteiger partial charge in [0.15, 0.2) is 5.41 Å². The van der Waals surface area contributed by atoms with Crippen LogP contribution in [0.5, 0.6) is 0 Å². The Kier molecular flexibility index (Phi) is 2.90. The summed E-state index contributed by atoms with van der Waals surface area (Å²) in [5, 5.41) is 18.7. The highest BCUT2D eigenvalue weighted by molar-refractivity contribution is 6.16. The number of aliphatic carboxylic acids is 1. The molecule has 0 bridgehead atoms. The molecule has 2 N–H and O–H groups in total. The van der Waals surface area contributed by atoms with Gasteiger partial charge >= 0.3 is 5.97 Å². The van der Waals surface area contributed by atoms with Crippen LogP contribution in [0.25, 0.3) is 0 Å². The normalized spacial score (nSPS) is 36.1. The third kappa shape index (κ3) is 1.47. The molecule has 0 radical (unpaired) electrons. The Balaban J connectivity index is 2.40. The number of amides is 2. The molecule has 2 rings (SSSR count). The average molecular weight is 256 g/mol. The van der Waals surface area contributed by atoms with E-state index in [1.807, 2.05) is 19.0 Å². The molecule has 1 heterocycles. The predicted molar refractivity (Wildman–Crippen MR) is 58.5 cm³/mol. The van der Waals surface area contributed by atoms with Gasteiger partial charge in [0, 0.05) is 6.04 Å². The van der Waals surface area contributed by atoms with Crippen molar-refractivity contribution in [2.45, 2.75) is 25.3 Å². The first-order chi connectivity index (χ1) is 8.32. The van der Waals surface area contributed by atoms with Crippen molar-refractivity contribution in [3.05, 3.63) is 0 Å². The molecule has 1 saturated heterocycles. The fourth-order valence-electron chi connectivity index (χ4n) is 2.98. The number of carbonyl (C=O) groups excluding carboxylic acids is 2. The predicted octanol–water partition coefficient (Wildman–Crippen LogP) is -0.454. The molecule has 7 heteroatoms. The minimum absolute atomic E-state index is 0.0170. The van der Waals surface area contributed by atoms with Crippen LogP contribution in [0.15, 0.2) is 0 Å². The molecule has 7 nitrogen and oxygen atoms in total. The molecule has 3 unspecified atom stereocenters. The monoisotopic (exact) mass is 256 g/mol. The molecule has 2 amide bonds. The Hall–Kier alpha value is -1.47. The fourth-order valence-corrected chi connectivity index (χ4v) is 2.98. The van der Waals surface area contributed by atoms with Crippen LogP contribution in [0.1, 0.15) is 19.3 Å². The van der Waals surface area contributed by atoms with Crippen molar-refractivity contribution in [1.29, 1.82) is 0 Å². The number of nitrogens with zero attached hydrogens (tertiary/aromatic N) is 2. The Morgan fingerprint density at radius 2 is 2.06 bits per heavy atom. The Labute approximate surface area is 104 Å². The number of hydrogen-bond donors (Lipinski definition) is 2. The van der Waals surface area contributed by atoms with E-state index in [2.05, 4.69) is 0 Å². The van der Waals surface area contributed by atoms with E-state index in [1.165, 1.54) is 0 Å². The van der Waals surface area contributed by atoms with E-state index < -0.39 is 29.1 Å². The summed E-state index contributed by atoms with van der Waals surface area (Å²) in [6.07, 6.45) is 0.876. The summed E-state index contributed by atoms with van der Waals surface area (Å²) in [7, 11) is 3.69. The van der Waals surface area contributed by atoms with Gasteiger partial charge in [0.2, 0.25) is 0 Å². The maximum absolute atomic E-state index is 11.9. The van der Waals surface area contributed by atoms with E-state index in [-0.39, 0.29) is 23.9 Å². The first kappa shape index (κ1) is 13.0. The van der Waals surface area contributed by atoms with E-state index in [9.17, 15) is 24.7 Å². The molecule has 0 aromatic rings. The Bertz CT molecular complexity index is 422. The number of hydroxylamine groups is 2. The third-order valence-corrected chi connectivity index (χ3v) is 4.17. The molecule has 2 fully saturated rings. The molecule has 1 aliphatic carbocycles. The van der Waals surface area contributed by atoms with Crippen LogP contribution in [0.4, 0.5) is 0 Å². The van der Waals surface area contributed by atoms with Gasteiger partial charge in [0.1, 0.15) is 0 Å². The number of fused-ring (bicyclic) bond motifs is 1. The van der Waals surface area contributed by atoms with Gasteiger partial charge < -0.3 is 10.0 Å². The topological polar surface area (TPSA) is 98.2 Å². The summed E-state index contributed by atoms with van der Waals surface area (Å²) in [5.74, 6) is -4.08. The standard InChI is InChI=1S/C11H16N2O5/c1-12(2)6-3-4-11(10(16)17)7(5-6)8(14)13(18)9(11)15/h6-7,18H,3-5H2,1-2H3,(H,16,17). The quantitative estimate of drug-likeness (QED) is 0.394. The van der Waals surface area contributed by atoms with Crippen LogP contribution in [-0.2, 0) is 14.4 Å². The van der Waals surface area contributed by atoms with Crippen LogP contribution in [-0.4, -0.2) is 58.2 Å². The van der Waals surface area contributed by atoms with Crippen LogP contribution < -0.4 is 0 Å². The molecule has 0 aromatic heterocycles. The van der Waals surface area contributed by atoms with Crippen LogP contribution in [0, 0.1) is 11.3 Å². The van der Waals surface area contributed by atoms with E-state index in [0.29, 0.717) is 6.42 Å². The number of carboxylic acid groups (broad SMARTS) is 1. The summed E-state index contributed by atoms with van der Waals surface area (Å²) >= 11 is 0. The Morgan fingerprint density at radius 1 is 1.44 bits per heavy atom. The highest BCUT2D eigenvalue weighted by Gasteiger charge is 2.66. The van der Waals surface area contributed by atoms with Crippen molar-refractivity contribution >= 4 is 17.8 Å². The molecule has 100 valence electrons. The average Bonchev–Trinajstić information content (AvgIpc) is 2.52. The molecule has 0 spiro atoms. The number of rotatable bonds is 2. The lowest BCUT2D eigenvalue weighted by atomic mass is 9.66. The maximum atomic E-state index is 11.9. The fraction of sp³-hybridized carbons (Fsp3) is 0.727. The van der Waals surface area contributed by atoms with E-state index >= 15 is 0 Å². The molecule has 2 aliphatic rings. The summed E-state index contributed by atoms with van der Waals surface area (Å²) in [4.78, 5) is 37.0. The second-order valence-electron chi connectivity index (χ2n) is 5.18. The van der Waals surface area contributed by atoms with Gasteiger partial charge in [-0.25, -0.2) is 0 Å². The lowest BCUT2D eigenvalue weighted by Gasteiger charge is -2.38. The number of carboxylic acids is 1. The minimum Gasteiger partial charge on any atom is -0.480 e. The lowest BCUT2D eigenvalue weighted by molar-refractivity contribution is -0.176. The van der Waals surface area contributed by atoms with Gasteiger partial charge in [-0.3, -0.25) is 19.6 Å². The van der Waals surface area contributed by atoms with Gasteiger partial charge in [-0.2, -0.15) is 5.06 Å². The number of carbonyl (C=O) groups is 3. The van der Waals surface area contributed by atoms with Crippen molar-refractivity contribution in [2.24, 2.45) is 11.3 Å². The van der Waals surface area contributed by atoms with Gasteiger partial charge in [0.05, 0.1) is 5.92 Å². The second kappa shape index (κ2) is 4.03. The zero-order valence-electron chi connectivity index (χ0n) is 10.3. The SMILES string of the molecule is CN(C)C1CCC2(C(=O)O)C(=O)N(O)C(=O)C2C1. The molecular weight excluding hydrogens is 240 g/mol. The zero-order valence-corrected chi connectivity index (χ0v) is 10.3. The zero-order chi connectivity index (χ0) is 13.7. The highest BCUT2D eigenvalue weighted by atomic mass is 16.5. The Morgan fingerprint density at radius 3 is 2.56 bits per heavy atom. The molecule has 1 aliphatic heterocycles. The summed E-state index contributed by atoms with van der Waals surface area (Å²) in [6, 6.07) is 0.0470. The van der Waals surface area contributed by atoms with Crippen LogP contribution >= 0.6 is 0 Å². The van der Waals surface area contributed by atoms with E-state index in [4.69, 9.17) is 0 Å². The van der Waals surface area contributed by atoms with Gasteiger partial charge in [-0.1, -0.05) is 0 Å². The van der Waals surface area contributed by atoms with Crippen molar-refractivity contribution in [2.75, 3.05) is 14.1 Å². The molecule has 1 saturated carbocycles. The van der Waals surface area contributed by atoms with Crippen molar-refractivity contribution in [3.8, 4) is 0 Å². The molecule has 3 atom stereocenters. The van der Waals surface area contributed by atoms with E-state index in [1.54, 1.807) is 0 Å². The third-order valence-electron chi connectivity index (χ3n) is 4.17. The largest absolute Gasteiger partial charge is 0.480 e. The minimum atomic E-state index is -1.77. The summed E-state index contributed by atoms with van der Waals surface area (Å²) in [5.41, 5.74) is -1.77. The number of hydrogen-bond acceptors (Lipinski definition) is 5. The second-order valence-corrected chi connectivity index (χ2v) is 5.18. The van der Waals surface area contributed by atoms with Crippen molar-refractivity contribution < 1.29 is 24.7 Å². The summed E-state index contributed by atoms with van der Waals surface area (Å²) < 4.78 is 0. The molecule has 18 heavy (non-hydrogen) atoms. The summed E-state index contributed by atoms with van der Waals surface area (Å²) in [6.45, 7) is 0. The number of imide groups is 1. The highest BCUT2D eigenvalue weighted by Crippen LogP contribution is 2.48. The van der Waals surface area contributed by atoms with Crippen molar-refractivity contribution in [3.63, 3.8) is 0 Å². The van der Waals surface area contributed by atoms with E-state index in [0.717, 1.165) is 0 Å². The lowest BCUT2D eigenvalue weighted by Crippen LogP contribution is -2.49. The molecular formula is C11H16N2O5. The maximum Gasteiger partial charge on any atom is 0.320 e. The van der Waals surface area contributed by atoms with Crippen LogP contribution in [0.2, 0.25) is 0 Å². The smallest absolute Gasteiger partial charge is 0.320 e. The van der Waals surface area contributed by atoms with Gasteiger partial charge in [-0.15, -0.1) is 0 Å². The molecule has 0 aromatic carbocycles. The van der Waals surface area contributed by atoms with Crippen LogP contribution in [0.3, 0.4) is 0 Å². The first-order valence-corrected chi connectivity index (χ1v) is 5.79. The first-order valence-electron chi connectivity index (χ1n) is 5.79. The van der Waals surface area contributed by atoms with Gasteiger partial charge in [0.25, 0.3) is 11.8 Å². The van der Waals surface area contributed by atoms with Crippen molar-refractivity contribution in [1.82, 2.24) is 9.96 Å².